The Balaban J connectivity index is 2.99. The smallest absolute Gasteiger partial charge is 0.0509 e. The van der Waals surface area contributed by atoms with Gasteiger partial charge in [-0.15, -0.1) is 0 Å². The molecule has 0 aliphatic rings. The lowest BCUT2D eigenvalue weighted by Crippen LogP contribution is -1.93. The van der Waals surface area contributed by atoms with Gasteiger partial charge in [-0.1, -0.05) is 6.92 Å². The van der Waals surface area contributed by atoms with Crippen LogP contribution < -0.4 is 0 Å². The molecule has 1 nitrogen and oxygen atoms in total. The second-order valence-electron chi connectivity index (χ2n) is 1.07. The van der Waals surface area contributed by atoms with E-state index in [1.165, 1.54) is 0 Å². The maximum Gasteiger partial charge on any atom is 0.0509 e. The summed E-state index contributed by atoms with van der Waals surface area (Å²) in [5.41, 5.74) is 0. The molecule has 0 saturated carbocycles. The number of hydrogen-bond donors (Lipinski definition) is 1. The first kappa shape index (κ1) is 3.16. The summed E-state index contributed by atoms with van der Waals surface area (Å²) in [6, 6.07) is 0. The summed E-state index contributed by atoms with van der Waals surface area (Å²) in [6.07, 6.45) is -0.824. The summed E-state index contributed by atoms with van der Waals surface area (Å²) in [5.74, 6) is 0. The molecule has 1 N–H and O–H groups in total. The molecule has 0 aromatic rings. The minimum Gasteiger partial charge on any atom is -0.393 e. The van der Waals surface area contributed by atoms with E-state index in [0.29, 0.717) is 0 Å². The lowest BCUT2D eigenvalue weighted by atomic mass is 10.3. The molecule has 2 atom stereocenters. The fourth-order valence-electron chi connectivity index (χ4n) is 0. The van der Waals surface area contributed by atoms with Crippen molar-refractivity contribution in [3.05, 3.63) is 0 Å². The van der Waals surface area contributed by atoms with Crippen molar-refractivity contribution in [2.24, 2.45) is 0 Å². The van der Waals surface area contributed by atoms with E-state index >= 15 is 0 Å². The fourth-order valence-corrected chi connectivity index (χ4v) is 0. The van der Waals surface area contributed by atoms with Crippen molar-refractivity contribution < 1.29 is 6.48 Å². The highest BCUT2D eigenvalue weighted by atomic mass is 16.3. The molecule has 5 heavy (non-hydrogen) atoms. The third-order valence-corrected chi connectivity index (χ3v) is 0.482. The standard InChI is InChI=1S/C4H10O/c1-3-4(2)5/h4-5H,3H2,1-2H3/t4-/m1/s1/i3D/t3-,4+/m0. The minimum absolute atomic E-state index is 0.343. The Kier molecular flexibility index (Phi) is 1.40. The van der Waals surface area contributed by atoms with E-state index in [-0.39, 0.29) is 6.40 Å². The number of aliphatic hydroxyl groups excluding tert-OH is 1. The Morgan fingerprint density at radius 2 is 2.40 bits per heavy atom. The van der Waals surface area contributed by atoms with Gasteiger partial charge in [0.2, 0.25) is 0 Å². The van der Waals surface area contributed by atoms with Gasteiger partial charge in [0.05, 0.1) is 6.10 Å². The molecule has 32 valence electrons. The monoisotopic (exact) mass is 75.1 g/mol. The van der Waals surface area contributed by atoms with Gasteiger partial charge in [0.15, 0.2) is 0 Å². The van der Waals surface area contributed by atoms with Crippen molar-refractivity contribution >= 4 is 0 Å². The quantitative estimate of drug-likeness (QED) is 0.488. The molecule has 0 aromatic carbocycles. The molecule has 0 aliphatic carbocycles. The van der Waals surface area contributed by atoms with Gasteiger partial charge < -0.3 is 5.11 Å². The van der Waals surface area contributed by atoms with E-state index < -0.39 is 6.10 Å². The van der Waals surface area contributed by atoms with Crippen LogP contribution in [0.2, 0.25) is 0 Å². The van der Waals surface area contributed by atoms with Gasteiger partial charge in [-0.05, 0) is 13.3 Å². The van der Waals surface area contributed by atoms with Crippen LogP contribution in [-0.4, -0.2) is 11.2 Å². The summed E-state index contributed by atoms with van der Waals surface area (Å²) in [6.45, 7) is 3.27. The second kappa shape index (κ2) is 2.21. The van der Waals surface area contributed by atoms with Crippen molar-refractivity contribution in [2.45, 2.75) is 26.3 Å². The van der Waals surface area contributed by atoms with Gasteiger partial charge >= 0.3 is 0 Å². The minimum atomic E-state index is -0.481. The third kappa shape index (κ3) is 3.96. The van der Waals surface area contributed by atoms with Crippen LogP contribution in [-0.2, 0) is 0 Å². The average Bonchev–Trinajstić information content (AvgIpc) is 1.36. The molecule has 0 fully saturated rings. The molecule has 0 spiro atoms. The Hall–Kier alpha value is -0.0400. The number of aliphatic hydroxyl groups is 1. The zero-order valence-corrected chi connectivity index (χ0v) is 3.60. The zero-order chi connectivity index (χ0) is 5.15. The summed E-state index contributed by atoms with van der Waals surface area (Å²) < 4.78 is 6.78. The Morgan fingerprint density at radius 1 is 2.20 bits per heavy atom. The van der Waals surface area contributed by atoms with Crippen LogP contribution >= 0.6 is 0 Å². The largest absolute Gasteiger partial charge is 0.393 e. The maximum atomic E-state index is 8.44. The Bertz CT molecular complexity index is 28.5. The first-order valence-electron chi connectivity index (χ1n) is 2.32. The van der Waals surface area contributed by atoms with Crippen molar-refractivity contribution in [3.8, 4) is 0 Å². The van der Waals surface area contributed by atoms with Crippen molar-refractivity contribution in [1.82, 2.24) is 0 Å². The molecular weight excluding hydrogens is 64.0 g/mol. The molecule has 1 heteroatoms. The number of rotatable bonds is 1. The highest BCUT2D eigenvalue weighted by molar-refractivity contribution is 4.34. The Morgan fingerprint density at radius 3 is 2.40 bits per heavy atom. The van der Waals surface area contributed by atoms with E-state index in [9.17, 15) is 0 Å². The summed E-state index contributed by atoms with van der Waals surface area (Å²) in [4.78, 5) is 0. The first-order valence-corrected chi connectivity index (χ1v) is 1.75. The molecule has 0 unspecified atom stereocenters. The molecular formula is C4H10O. The van der Waals surface area contributed by atoms with Crippen LogP contribution in [0, 0.1) is 0 Å². The highest BCUT2D eigenvalue weighted by Crippen LogP contribution is 1.81. The molecule has 0 bridgehead atoms. The molecule has 0 radical (unpaired) electrons. The summed E-state index contributed by atoms with van der Waals surface area (Å²) >= 11 is 0. The lowest BCUT2D eigenvalue weighted by Gasteiger charge is -1.90. The van der Waals surface area contributed by atoms with Crippen LogP contribution in [0.1, 0.15) is 21.6 Å². The van der Waals surface area contributed by atoms with E-state index in [0.717, 1.165) is 0 Å². The second-order valence-corrected chi connectivity index (χ2v) is 1.07. The van der Waals surface area contributed by atoms with E-state index in [2.05, 4.69) is 0 Å². The maximum absolute atomic E-state index is 8.44. The molecule has 0 saturated heterocycles. The SMILES string of the molecule is [2H][C@@H](C)[C@@H](C)O. The molecule has 0 aliphatic heterocycles. The number of hydrogen-bond acceptors (Lipinski definition) is 1. The predicted molar refractivity (Wildman–Crippen MR) is 22.0 cm³/mol. The summed E-state index contributed by atoms with van der Waals surface area (Å²) in [7, 11) is 0. The average molecular weight is 75.1 g/mol. The first-order chi connectivity index (χ1) is 2.64. The van der Waals surface area contributed by atoms with Crippen LogP contribution in [0.4, 0.5) is 0 Å². The van der Waals surface area contributed by atoms with Gasteiger partial charge in [-0.25, -0.2) is 0 Å². The van der Waals surface area contributed by atoms with Crippen LogP contribution in [0.25, 0.3) is 0 Å². The summed E-state index contributed by atoms with van der Waals surface area (Å²) in [5, 5.41) is 8.44. The van der Waals surface area contributed by atoms with Crippen LogP contribution in [0.3, 0.4) is 0 Å². The highest BCUT2D eigenvalue weighted by Gasteiger charge is 1.81. The van der Waals surface area contributed by atoms with Crippen molar-refractivity contribution in [1.29, 1.82) is 0 Å². The van der Waals surface area contributed by atoms with Gasteiger partial charge in [0.25, 0.3) is 0 Å². The van der Waals surface area contributed by atoms with Gasteiger partial charge in [0, 0.05) is 1.37 Å². The van der Waals surface area contributed by atoms with Crippen molar-refractivity contribution in [2.75, 3.05) is 0 Å². The van der Waals surface area contributed by atoms with Crippen molar-refractivity contribution in [3.63, 3.8) is 0 Å². The van der Waals surface area contributed by atoms with Gasteiger partial charge in [-0.3, -0.25) is 0 Å². The van der Waals surface area contributed by atoms with Crippen LogP contribution in [0.15, 0.2) is 0 Å². The van der Waals surface area contributed by atoms with Crippen LogP contribution in [0.5, 0.6) is 0 Å². The molecule has 0 amide bonds. The van der Waals surface area contributed by atoms with E-state index in [1.54, 1.807) is 13.8 Å². The van der Waals surface area contributed by atoms with Gasteiger partial charge in [-0.2, -0.15) is 0 Å². The zero-order valence-electron chi connectivity index (χ0n) is 4.60. The Labute approximate surface area is 34.0 Å². The molecule has 0 rings (SSSR count). The topological polar surface area (TPSA) is 20.2 Å². The predicted octanol–water partition coefficient (Wildman–Crippen LogP) is 0.777. The molecule has 0 heterocycles. The third-order valence-electron chi connectivity index (χ3n) is 0.482. The lowest BCUT2D eigenvalue weighted by molar-refractivity contribution is 0.191. The normalized spacial score (nSPS) is 24.2. The van der Waals surface area contributed by atoms with E-state index in [4.69, 9.17) is 6.48 Å². The molecule has 0 aromatic heterocycles. The van der Waals surface area contributed by atoms with E-state index in [1.807, 2.05) is 0 Å². The fraction of sp³-hybridized carbons (Fsp3) is 1.00. The van der Waals surface area contributed by atoms with Gasteiger partial charge in [0.1, 0.15) is 0 Å².